The summed E-state index contributed by atoms with van der Waals surface area (Å²) < 4.78 is 4.79. The van der Waals surface area contributed by atoms with Crippen LogP contribution < -0.4 is 10.5 Å². The van der Waals surface area contributed by atoms with Gasteiger partial charge in [-0.05, 0) is 12.5 Å². The molecular weight excluding hydrogens is 257 g/mol. The minimum Gasteiger partial charge on any atom is -0.852 e. The number of rotatable bonds is 7. The molecule has 9 heteroatoms. The Morgan fingerprint density at radius 2 is 2.16 bits per heavy atom. The van der Waals surface area contributed by atoms with Crippen LogP contribution in [0.2, 0.25) is 0 Å². The number of carboxylic acids is 1. The molecule has 1 aromatic rings. The van der Waals surface area contributed by atoms with E-state index in [0.29, 0.717) is 0 Å². The first-order valence-corrected chi connectivity index (χ1v) is 5.37. The molecule has 1 aromatic carbocycles. The van der Waals surface area contributed by atoms with E-state index in [1.165, 1.54) is 0 Å². The van der Waals surface area contributed by atoms with Gasteiger partial charge in [-0.25, -0.2) is 4.79 Å². The van der Waals surface area contributed by atoms with Crippen molar-refractivity contribution in [3.63, 3.8) is 0 Å². The normalized spacial score (nSPS) is 10.2. The average Bonchev–Trinajstić information content (AvgIpc) is 2.38. The van der Waals surface area contributed by atoms with E-state index in [2.05, 4.69) is 0 Å². The molecule has 0 heterocycles. The highest BCUT2D eigenvalue weighted by atomic mass is 16.6. The van der Waals surface area contributed by atoms with Crippen molar-refractivity contribution < 1.29 is 29.6 Å². The summed E-state index contributed by atoms with van der Waals surface area (Å²) in [4.78, 5) is 20.7. The Bertz CT molecular complexity index is 479. The van der Waals surface area contributed by atoms with Crippen molar-refractivity contribution in [1.29, 1.82) is 0 Å². The van der Waals surface area contributed by atoms with Crippen molar-refractivity contribution >= 4 is 24.2 Å². The van der Waals surface area contributed by atoms with E-state index in [-0.39, 0.29) is 30.7 Å². The zero-order chi connectivity index (χ0) is 14.4. The van der Waals surface area contributed by atoms with Gasteiger partial charge < -0.3 is 19.9 Å². The Kier molecular flexibility index (Phi) is 5.43. The minimum absolute atomic E-state index is 0.0392. The number of aliphatic hydroxyl groups is 1. The van der Waals surface area contributed by atoms with Gasteiger partial charge in [-0.1, -0.05) is 6.07 Å². The molecule has 19 heavy (non-hydrogen) atoms. The monoisotopic (exact) mass is 268 g/mol. The highest BCUT2D eigenvalue weighted by molar-refractivity contribution is 6.60. The molecule has 0 aliphatic carbocycles. The summed E-state index contributed by atoms with van der Waals surface area (Å²) in [5, 5.41) is 39.7. The molecule has 2 N–H and O–H groups in total. The highest BCUT2D eigenvalue weighted by Crippen LogP contribution is 2.12. The zero-order valence-electron chi connectivity index (χ0n) is 9.81. The van der Waals surface area contributed by atoms with Gasteiger partial charge in [-0.2, -0.15) is 0 Å². The number of hydrogen-bond donors (Lipinski definition) is 2. The predicted molar refractivity (Wildman–Crippen MR) is 63.1 cm³/mol. The van der Waals surface area contributed by atoms with Crippen molar-refractivity contribution in [2.45, 2.75) is 6.42 Å². The maximum atomic E-state index is 11.7. The molecule has 0 unspecified atom stereocenters. The maximum Gasteiger partial charge on any atom is 0.335 e. The van der Waals surface area contributed by atoms with Gasteiger partial charge in [0.25, 0.3) is 5.69 Å². The van der Waals surface area contributed by atoms with Crippen LogP contribution in [0.1, 0.15) is 16.8 Å². The third-order valence-electron chi connectivity index (χ3n) is 2.30. The van der Waals surface area contributed by atoms with Crippen LogP contribution in [0.15, 0.2) is 18.2 Å². The number of aromatic carboxylic acids is 1. The second-order valence-electron chi connectivity index (χ2n) is 3.62. The predicted octanol–water partition coefficient (Wildman–Crippen LogP) is -1.25. The molecule has 0 spiro atoms. The largest absolute Gasteiger partial charge is 0.852 e. The van der Waals surface area contributed by atoms with Crippen LogP contribution in [0, 0.1) is 10.1 Å². The van der Waals surface area contributed by atoms with Gasteiger partial charge >= 0.3 is 5.97 Å². The highest BCUT2D eigenvalue weighted by Gasteiger charge is 2.20. The van der Waals surface area contributed by atoms with Crippen LogP contribution in [-0.4, -0.2) is 41.4 Å². The van der Waals surface area contributed by atoms with Crippen molar-refractivity contribution in [3.05, 3.63) is 33.9 Å². The van der Waals surface area contributed by atoms with Crippen LogP contribution in [0.4, 0.5) is 5.69 Å². The number of aliphatic hydroxyl groups excluding tert-OH is 1. The van der Waals surface area contributed by atoms with E-state index in [4.69, 9.17) is 14.9 Å². The third kappa shape index (κ3) is 4.02. The van der Waals surface area contributed by atoms with Crippen molar-refractivity contribution in [2.75, 3.05) is 13.2 Å². The van der Waals surface area contributed by atoms with Crippen LogP contribution >= 0.6 is 0 Å². The number of carbonyl (C=O) groups is 1. The molecule has 0 bridgehead atoms. The van der Waals surface area contributed by atoms with Crippen molar-refractivity contribution in [3.8, 4) is 0 Å². The van der Waals surface area contributed by atoms with Gasteiger partial charge in [0.1, 0.15) is 0 Å². The summed E-state index contributed by atoms with van der Waals surface area (Å²) in [5.74, 6) is -1.32. The molecule has 0 saturated carbocycles. The molecular formula is C10H11BNO7-. The number of nitrogens with zero attached hydrogens (tertiary/aromatic N) is 1. The lowest BCUT2D eigenvalue weighted by Crippen LogP contribution is -2.47. The molecule has 0 aliphatic rings. The SMILES string of the molecule is O=C(O)c1ccc(B([O-])OCCCO)c([N+](=O)[O-])c1. The van der Waals surface area contributed by atoms with Crippen LogP contribution in [0.25, 0.3) is 0 Å². The summed E-state index contributed by atoms with van der Waals surface area (Å²) in [6.07, 6.45) is 0.236. The second-order valence-corrected chi connectivity index (χ2v) is 3.62. The summed E-state index contributed by atoms with van der Waals surface area (Å²) in [6.45, 7) is -0.199. The first-order chi connectivity index (χ1) is 8.97. The molecule has 1 rings (SSSR count). The van der Waals surface area contributed by atoms with Gasteiger partial charge in [-0.15, -0.1) is 0 Å². The van der Waals surface area contributed by atoms with Crippen molar-refractivity contribution in [1.82, 2.24) is 0 Å². The lowest BCUT2D eigenvalue weighted by Gasteiger charge is -2.19. The van der Waals surface area contributed by atoms with Crippen LogP contribution in [0.3, 0.4) is 0 Å². The smallest absolute Gasteiger partial charge is 0.335 e. The Morgan fingerprint density at radius 3 is 2.68 bits per heavy atom. The Labute approximate surface area is 108 Å². The molecule has 0 aliphatic heterocycles. The quantitative estimate of drug-likeness (QED) is 0.273. The number of carboxylic acid groups (broad SMARTS) is 1. The summed E-state index contributed by atoms with van der Waals surface area (Å²) in [7, 11) is -1.80. The molecule has 8 nitrogen and oxygen atoms in total. The topological polar surface area (TPSA) is 133 Å². The molecule has 0 amide bonds. The molecule has 102 valence electrons. The fourth-order valence-corrected chi connectivity index (χ4v) is 1.38. The van der Waals surface area contributed by atoms with Gasteiger partial charge in [0.2, 0.25) is 7.12 Å². The van der Waals surface area contributed by atoms with E-state index < -0.39 is 23.7 Å². The Balaban J connectivity index is 2.99. The van der Waals surface area contributed by atoms with Gasteiger partial charge in [0, 0.05) is 24.7 Å². The lowest BCUT2D eigenvalue weighted by molar-refractivity contribution is -0.384. The number of nitro benzene ring substituents is 1. The van der Waals surface area contributed by atoms with E-state index in [0.717, 1.165) is 18.2 Å². The van der Waals surface area contributed by atoms with E-state index in [1.54, 1.807) is 0 Å². The standard InChI is InChI=1S/C10H11BNO7/c13-4-1-5-19-11(16)8-3-2-7(10(14)15)6-9(8)12(17)18/h2-3,6,13H,1,4-5H2,(H,14,15)/q-1. The molecule has 0 fully saturated rings. The van der Waals surface area contributed by atoms with E-state index in [9.17, 15) is 19.9 Å². The van der Waals surface area contributed by atoms with Crippen molar-refractivity contribution in [2.24, 2.45) is 0 Å². The van der Waals surface area contributed by atoms with E-state index >= 15 is 0 Å². The van der Waals surface area contributed by atoms with Gasteiger partial charge in [0.05, 0.1) is 10.5 Å². The Hall–Kier alpha value is -1.97. The summed E-state index contributed by atoms with van der Waals surface area (Å²) >= 11 is 0. The number of nitro groups is 1. The Morgan fingerprint density at radius 1 is 1.47 bits per heavy atom. The van der Waals surface area contributed by atoms with Gasteiger partial charge in [-0.3, -0.25) is 10.1 Å². The fraction of sp³-hybridized carbons (Fsp3) is 0.300. The summed E-state index contributed by atoms with van der Waals surface area (Å²) in [5.41, 5.74) is -1.12. The lowest BCUT2D eigenvalue weighted by atomic mass is 9.77. The van der Waals surface area contributed by atoms with Crippen LogP contribution in [-0.2, 0) is 4.65 Å². The molecule has 0 aromatic heterocycles. The van der Waals surface area contributed by atoms with E-state index in [1.807, 2.05) is 0 Å². The minimum atomic E-state index is -1.80. The average molecular weight is 268 g/mol. The zero-order valence-corrected chi connectivity index (χ0v) is 9.81. The number of benzene rings is 1. The summed E-state index contributed by atoms with van der Waals surface area (Å²) in [6, 6.07) is 2.99. The van der Waals surface area contributed by atoms with Crippen LogP contribution in [0.5, 0.6) is 0 Å². The molecule has 0 atom stereocenters. The molecule has 0 saturated heterocycles. The maximum absolute atomic E-state index is 11.7. The number of hydrogen-bond acceptors (Lipinski definition) is 6. The third-order valence-corrected chi connectivity index (χ3v) is 2.30. The fourth-order valence-electron chi connectivity index (χ4n) is 1.38. The second kappa shape index (κ2) is 6.83. The first kappa shape index (κ1) is 15.1. The van der Waals surface area contributed by atoms with Gasteiger partial charge in [0.15, 0.2) is 0 Å². The first-order valence-electron chi connectivity index (χ1n) is 5.37. The molecule has 0 radical (unpaired) electrons.